The molecule has 36 heavy (non-hydrogen) atoms. The SMILES string of the molecule is CCCOc1ccc(NC(=O)CC2C(=O)N(CC)C(=S)N2NC(=O)c2cc(OC)cc(OC)c2)cc1. The third kappa shape index (κ3) is 6.22. The Kier molecular flexibility index (Phi) is 9.07. The van der Waals surface area contributed by atoms with Gasteiger partial charge in [-0.3, -0.25) is 24.7 Å². The van der Waals surface area contributed by atoms with Crippen molar-refractivity contribution >= 4 is 40.7 Å². The molecule has 0 aliphatic carbocycles. The minimum Gasteiger partial charge on any atom is -0.497 e. The predicted octanol–water partition coefficient (Wildman–Crippen LogP) is 2.98. The zero-order chi connectivity index (χ0) is 26.2. The van der Waals surface area contributed by atoms with E-state index in [0.29, 0.717) is 36.1 Å². The first kappa shape index (κ1) is 26.7. The van der Waals surface area contributed by atoms with Gasteiger partial charge in [-0.15, -0.1) is 0 Å². The quantitative estimate of drug-likeness (QED) is 0.441. The van der Waals surface area contributed by atoms with Gasteiger partial charge in [0.15, 0.2) is 5.11 Å². The Bertz CT molecular complexity index is 1100. The molecule has 0 bridgehead atoms. The maximum atomic E-state index is 13.0. The highest BCUT2D eigenvalue weighted by molar-refractivity contribution is 7.80. The molecule has 2 N–H and O–H groups in total. The molecule has 1 atom stereocenters. The van der Waals surface area contributed by atoms with E-state index in [1.54, 1.807) is 37.3 Å². The molecule has 3 rings (SSSR count). The van der Waals surface area contributed by atoms with Gasteiger partial charge in [0.2, 0.25) is 5.91 Å². The standard InChI is InChI=1S/C25H30N4O6S/c1-5-11-35-18-9-7-17(8-10-18)26-22(30)15-21-24(32)28(6-2)25(36)29(21)27-23(31)16-12-19(33-3)14-20(13-16)34-4/h7-10,12-14,21H,5-6,11,15H2,1-4H3,(H,26,30)(H,27,31). The van der Waals surface area contributed by atoms with Crippen molar-refractivity contribution < 1.29 is 28.6 Å². The Morgan fingerprint density at radius 1 is 1.00 bits per heavy atom. The Balaban J connectivity index is 1.74. The lowest BCUT2D eigenvalue weighted by Gasteiger charge is -2.24. The maximum absolute atomic E-state index is 13.0. The van der Waals surface area contributed by atoms with E-state index in [1.165, 1.54) is 36.3 Å². The molecule has 0 spiro atoms. The molecular weight excluding hydrogens is 484 g/mol. The van der Waals surface area contributed by atoms with Gasteiger partial charge in [0.1, 0.15) is 23.3 Å². The molecule has 0 radical (unpaired) electrons. The molecule has 1 unspecified atom stereocenters. The molecular formula is C25H30N4O6S. The lowest BCUT2D eigenvalue weighted by molar-refractivity contribution is -0.130. The second-order valence-corrected chi connectivity index (χ2v) is 8.28. The Morgan fingerprint density at radius 3 is 2.19 bits per heavy atom. The van der Waals surface area contributed by atoms with Crippen LogP contribution in [0.15, 0.2) is 42.5 Å². The van der Waals surface area contributed by atoms with Gasteiger partial charge in [0, 0.05) is 23.9 Å². The van der Waals surface area contributed by atoms with Gasteiger partial charge in [-0.1, -0.05) is 6.92 Å². The smallest absolute Gasteiger partial charge is 0.270 e. The number of hydrogen-bond acceptors (Lipinski definition) is 7. The topological polar surface area (TPSA) is 109 Å². The van der Waals surface area contributed by atoms with E-state index in [1.807, 2.05) is 6.92 Å². The van der Waals surface area contributed by atoms with Crippen molar-refractivity contribution in [2.75, 3.05) is 32.7 Å². The van der Waals surface area contributed by atoms with Gasteiger partial charge in [-0.05, 0) is 62.0 Å². The average molecular weight is 515 g/mol. The molecule has 1 saturated heterocycles. The van der Waals surface area contributed by atoms with Crippen LogP contribution < -0.4 is 25.0 Å². The third-order valence-corrected chi connectivity index (χ3v) is 5.86. The monoisotopic (exact) mass is 514 g/mol. The van der Waals surface area contributed by atoms with E-state index in [-0.39, 0.29) is 23.0 Å². The van der Waals surface area contributed by atoms with Crippen LogP contribution in [0.2, 0.25) is 0 Å². The van der Waals surface area contributed by atoms with Gasteiger partial charge in [-0.25, -0.2) is 5.01 Å². The predicted molar refractivity (Wildman–Crippen MR) is 138 cm³/mol. The molecule has 0 aromatic heterocycles. The summed E-state index contributed by atoms with van der Waals surface area (Å²) in [5.41, 5.74) is 3.47. The number of hydrogen-bond donors (Lipinski definition) is 2. The molecule has 10 nitrogen and oxygen atoms in total. The second kappa shape index (κ2) is 12.2. The first-order valence-electron chi connectivity index (χ1n) is 11.5. The number of anilines is 1. The molecule has 1 aliphatic rings. The molecule has 0 saturated carbocycles. The second-order valence-electron chi connectivity index (χ2n) is 7.92. The molecule has 2 aromatic carbocycles. The fraction of sp³-hybridized carbons (Fsp3) is 0.360. The van der Waals surface area contributed by atoms with Crippen molar-refractivity contribution in [3.05, 3.63) is 48.0 Å². The van der Waals surface area contributed by atoms with E-state index in [4.69, 9.17) is 26.4 Å². The van der Waals surface area contributed by atoms with Crippen LogP contribution in [-0.4, -0.2) is 66.2 Å². The minimum atomic E-state index is -0.999. The Morgan fingerprint density at radius 2 is 1.64 bits per heavy atom. The number of nitrogens with one attached hydrogen (secondary N) is 2. The Labute approximate surface area is 215 Å². The van der Waals surface area contributed by atoms with E-state index in [2.05, 4.69) is 10.7 Å². The molecule has 2 aromatic rings. The number of amides is 3. The number of carbonyl (C=O) groups is 3. The highest BCUT2D eigenvalue weighted by atomic mass is 32.1. The lowest BCUT2D eigenvalue weighted by Crippen LogP contribution is -2.49. The van der Waals surface area contributed by atoms with Gasteiger partial charge < -0.3 is 19.5 Å². The first-order chi connectivity index (χ1) is 17.3. The highest BCUT2D eigenvalue weighted by Crippen LogP contribution is 2.24. The van der Waals surface area contributed by atoms with Crippen LogP contribution in [-0.2, 0) is 9.59 Å². The number of carbonyl (C=O) groups excluding carboxylic acids is 3. The molecule has 3 amide bonds. The fourth-order valence-electron chi connectivity index (χ4n) is 3.60. The van der Waals surface area contributed by atoms with Gasteiger partial charge in [-0.2, -0.15) is 0 Å². The Hall–Kier alpha value is -3.86. The normalized spacial score (nSPS) is 15.1. The van der Waals surface area contributed by atoms with E-state index in [9.17, 15) is 14.4 Å². The summed E-state index contributed by atoms with van der Waals surface area (Å²) in [5, 5.41) is 4.15. The van der Waals surface area contributed by atoms with Crippen LogP contribution in [0, 0.1) is 0 Å². The van der Waals surface area contributed by atoms with E-state index >= 15 is 0 Å². The van der Waals surface area contributed by atoms with Crippen LogP contribution in [0.25, 0.3) is 0 Å². The van der Waals surface area contributed by atoms with Crippen LogP contribution in [0.4, 0.5) is 5.69 Å². The number of ether oxygens (including phenoxy) is 3. The number of rotatable bonds is 11. The summed E-state index contributed by atoms with van der Waals surface area (Å²) < 4.78 is 16.0. The number of methoxy groups -OCH3 is 2. The lowest BCUT2D eigenvalue weighted by atomic mass is 10.1. The van der Waals surface area contributed by atoms with Crippen molar-refractivity contribution in [1.82, 2.24) is 15.3 Å². The van der Waals surface area contributed by atoms with Crippen LogP contribution >= 0.6 is 12.2 Å². The third-order valence-electron chi connectivity index (χ3n) is 5.44. The number of benzene rings is 2. The summed E-state index contributed by atoms with van der Waals surface area (Å²) in [6.07, 6.45) is 0.675. The summed E-state index contributed by atoms with van der Waals surface area (Å²) in [5.74, 6) is 0.248. The van der Waals surface area contributed by atoms with Gasteiger partial charge in [0.05, 0.1) is 27.2 Å². The summed E-state index contributed by atoms with van der Waals surface area (Å²) >= 11 is 5.43. The summed E-state index contributed by atoms with van der Waals surface area (Å²) in [6.45, 7) is 4.69. The first-order valence-corrected chi connectivity index (χ1v) is 11.9. The van der Waals surface area contributed by atoms with Crippen LogP contribution in [0.5, 0.6) is 17.2 Å². The van der Waals surface area contributed by atoms with Crippen LogP contribution in [0.3, 0.4) is 0 Å². The largest absolute Gasteiger partial charge is 0.497 e. The van der Waals surface area contributed by atoms with Crippen molar-refractivity contribution in [3.8, 4) is 17.2 Å². The van der Waals surface area contributed by atoms with E-state index in [0.717, 1.165) is 6.42 Å². The van der Waals surface area contributed by atoms with E-state index < -0.39 is 17.9 Å². The molecule has 1 heterocycles. The zero-order valence-electron chi connectivity index (χ0n) is 20.7. The van der Waals surface area contributed by atoms with Crippen molar-refractivity contribution in [2.24, 2.45) is 0 Å². The minimum absolute atomic E-state index is 0.112. The number of nitrogens with zero attached hydrogens (tertiary/aromatic N) is 2. The number of thiocarbonyl (C=S) groups is 1. The van der Waals surface area contributed by atoms with Gasteiger partial charge in [0.25, 0.3) is 11.8 Å². The average Bonchev–Trinajstić information content (AvgIpc) is 3.10. The fourth-order valence-corrected chi connectivity index (χ4v) is 3.99. The van der Waals surface area contributed by atoms with Crippen molar-refractivity contribution in [2.45, 2.75) is 32.7 Å². The number of likely N-dealkylation sites (N-methyl/N-ethyl adjacent to an activating group) is 1. The summed E-state index contributed by atoms with van der Waals surface area (Å²) in [7, 11) is 2.95. The zero-order valence-corrected chi connectivity index (χ0v) is 21.5. The van der Waals surface area contributed by atoms with Crippen LogP contribution in [0.1, 0.15) is 37.0 Å². The maximum Gasteiger partial charge on any atom is 0.270 e. The number of hydrazine groups is 1. The molecule has 192 valence electrons. The van der Waals surface area contributed by atoms with Crippen molar-refractivity contribution in [3.63, 3.8) is 0 Å². The molecule has 11 heteroatoms. The highest BCUT2D eigenvalue weighted by Gasteiger charge is 2.44. The summed E-state index contributed by atoms with van der Waals surface area (Å²) in [6, 6.07) is 10.7. The molecule has 1 fully saturated rings. The van der Waals surface area contributed by atoms with Crippen molar-refractivity contribution in [1.29, 1.82) is 0 Å². The summed E-state index contributed by atoms with van der Waals surface area (Å²) in [4.78, 5) is 40.2. The van der Waals surface area contributed by atoms with Gasteiger partial charge >= 0.3 is 0 Å². The molecule has 1 aliphatic heterocycles.